The number of aromatic nitrogens is 5. The van der Waals surface area contributed by atoms with E-state index in [1.54, 1.807) is 13.3 Å². The van der Waals surface area contributed by atoms with Gasteiger partial charge in [-0.3, -0.25) is 0 Å². The topological polar surface area (TPSA) is 94.8 Å². The van der Waals surface area contributed by atoms with Crippen LogP contribution in [0.2, 0.25) is 0 Å². The number of nitrogens with zero attached hydrogens (tertiary/aromatic N) is 5. The second kappa shape index (κ2) is 6.79. The maximum absolute atomic E-state index is 6.01. The lowest BCUT2D eigenvalue weighted by atomic mass is 9.92. The Morgan fingerprint density at radius 2 is 1.93 bits per heavy atom. The van der Waals surface area contributed by atoms with Crippen molar-refractivity contribution < 1.29 is 4.74 Å². The summed E-state index contributed by atoms with van der Waals surface area (Å²) in [6.45, 7) is 0. The van der Waals surface area contributed by atoms with E-state index in [0.717, 1.165) is 47.8 Å². The minimum atomic E-state index is 0.316. The van der Waals surface area contributed by atoms with Gasteiger partial charge in [-0.15, -0.1) is 5.10 Å². The van der Waals surface area contributed by atoms with Crippen LogP contribution < -0.4 is 15.8 Å². The van der Waals surface area contributed by atoms with Crippen molar-refractivity contribution in [3.63, 3.8) is 0 Å². The second-order valence-electron chi connectivity index (χ2n) is 7.34. The van der Waals surface area contributed by atoms with Gasteiger partial charge in [0.25, 0.3) is 0 Å². The average Bonchev–Trinajstić information content (AvgIpc) is 3.35. The number of hydrogen-bond acceptors (Lipinski definition) is 6. The van der Waals surface area contributed by atoms with E-state index < -0.39 is 0 Å². The highest BCUT2D eigenvalue weighted by molar-refractivity contribution is 5.85. The third-order valence-corrected chi connectivity index (χ3v) is 5.49. The van der Waals surface area contributed by atoms with Gasteiger partial charge in [-0.2, -0.15) is 10.1 Å². The van der Waals surface area contributed by atoms with Gasteiger partial charge in [0, 0.05) is 36.2 Å². The predicted octanol–water partition coefficient (Wildman–Crippen LogP) is 2.73. The first-order valence-corrected chi connectivity index (χ1v) is 9.60. The van der Waals surface area contributed by atoms with E-state index >= 15 is 0 Å². The quantitative estimate of drug-likeness (QED) is 0.568. The molecule has 4 aromatic rings. The number of hydrogen-bond donors (Lipinski definition) is 2. The molecule has 5 rings (SSSR count). The Bertz CT molecular complexity index is 1120. The Morgan fingerprint density at radius 3 is 2.75 bits per heavy atom. The van der Waals surface area contributed by atoms with Gasteiger partial charge in [0.05, 0.1) is 12.6 Å². The van der Waals surface area contributed by atoms with Crippen LogP contribution in [0.1, 0.15) is 25.7 Å². The molecular formula is C20H23N7O. The zero-order valence-electron chi connectivity index (χ0n) is 15.7. The molecule has 3 N–H and O–H groups in total. The summed E-state index contributed by atoms with van der Waals surface area (Å²) in [6.07, 6.45) is 9.81. The van der Waals surface area contributed by atoms with Crippen LogP contribution in [-0.4, -0.2) is 43.4 Å². The number of anilines is 1. The van der Waals surface area contributed by atoms with Crippen LogP contribution in [0.5, 0.6) is 5.88 Å². The molecule has 1 aliphatic carbocycles. The van der Waals surface area contributed by atoms with Gasteiger partial charge in [0.15, 0.2) is 0 Å². The number of rotatable bonds is 4. The molecule has 0 aromatic carbocycles. The summed E-state index contributed by atoms with van der Waals surface area (Å²) < 4.78 is 9.29. The van der Waals surface area contributed by atoms with Gasteiger partial charge in [0.1, 0.15) is 5.52 Å². The SMILES string of the molecule is COc1nc(N[C@H]2CC[C@@H](N)CC2)nn2ccc(-c3ccn4nccc4c3)c12. The molecular weight excluding hydrogens is 354 g/mol. The number of fused-ring (bicyclic) bond motifs is 2. The van der Waals surface area contributed by atoms with E-state index in [1.807, 2.05) is 39.6 Å². The van der Waals surface area contributed by atoms with Crippen molar-refractivity contribution in [3.05, 3.63) is 42.9 Å². The van der Waals surface area contributed by atoms with Gasteiger partial charge < -0.3 is 15.8 Å². The molecule has 8 nitrogen and oxygen atoms in total. The van der Waals surface area contributed by atoms with Crippen molar-refractivity contribution in [2.24, 2.45) is 5.73 Å². The molecule has 28 heavy (non-hydrogen) atoms. The molecule has 144 valence electrons. The van der Waals surface area contributed by atoms with Crippen LogP contribution in [-0.2, 0) is 0 Å². The zero-order chi connectivity index (χ0) is 19.1. The Kier molecular flexibility index (Phi) is 4.12. The third kappa shape index (κ3) is 2.95. The molecule has 0 unspecified atom stereocenters. The maximum Gasteiger partial charge on any atom is 0.244 e. The van der Waals surface area contributed by atoms with Crippen LogP contribution >= 0.6 is 0 Å². The van der Waals surface area contributed by atoms with Crippen molar-refractivity contribution in [2.45, 2.75) is 37.8 Å². The van der Waals surface area contributed by atoms with Crippen LogP contribution in [0.4, 0.5) is 5.95 Å². The highest BCUT2D eigenvalue weighted by atomic mass is 16.5. The normalized spacial score (nSPS) is 19.9. The molecule has 0 amide bonds. The fourth-order valence-electron chi connectivity index (χ4n) is 3.96. The lowest BCUT2D eigenvalue weighted by molar-refractivity contribution is 0.395. The fraction of sp³-hybridized carbons (Fsp3) is 0.350. The number of ether oxygens (including phenoxy) is 1. The first-order chi connectivity index (χ1) is 13.7. The summed E-state index contributed by atoms with van der Waals surface area (Å²) in [5, 5.41) is 12.4. The van der Waals surface area contributed by atoms with E-state index in [4.69, 9.17) is 10.5 Å². The molecule has 4 heterocycles. The highest BCUT2D eigenvalue weighted by Gasteiger charge is 2.21. The third-order valence-electron chi connectivity index (χ3n) is 5.49. The minimum Gasteiger partial charge on any atom is -0.479 e. The van der Waals surface area contributed by atoms with E-state index in [2.05, 4.69) is 26.6 Å². The Hall–Kier alpha value is -3.13. The maximum atomic E-state index is 6.01. The minimum absolute atomic E-state index is 0.316. The predicted molar refractivity (Wildman–Crippen MR) is 108 cm³/mol. The molecule has 0 atom stereocenters. The van der Waals surface area contributed by atoms with Gasteiger partial charge in [-0.05, 0) is 55.5 Å². The molecule has 0 spiro atoms. The second-order valence-corrected chi connectivity index (χ2v) is 7.34. The zero-order valence-corrected chi connectivity index (χ0v) is 15.7. The van der Waals surface area contributed by atoms with Gasteiger partial charge in [0.2, 0.25) is 11.8 Å². The van der Waals surface area contributed by atoms with Crippen molar-refractivity contribution in [3.8, 4) is 17.0 Å². The highest BCUT2D eigenvalue weighted by Crippen LogP contribution is 2.32. The van der Waals surface area contributed by atoms with Crippen molar-refractivity contribution in [2.75, 3.05) is 12.4 Å². The Morgan fingerprint density at radius 1 is 1.11 bits per heavy atom. The Balaban J connectivity index is 1.52. The van der Waals surface area contributed by atoms with Crippen molar-refractivity contribution >= 4 is 17.0 Å². The number of pyridine rings is 1. The van der Waals surface area contributed by atoms with Crippen LogP contribution in [0.25, 0.3) is 22.2 Å². The summed E-state index contributed by atoms with van der Waals surface area (Å²) in [5.74, 6) is 1.14. The van der Waals surface area contributed by atoms with Crippen LogP contribution in [0.15, 0.2) is 42.9 Å². The lowest BCUT2D eigenvalue weighted by Crippen LogP contribution is -2.33. The van der Waals surface area contributed by atoms with Gasteiger partial charge >= 0.3 is 0 Å². The van der Waals surface area contributed by atoms with Crippen LogP contribution in [0.3, 0.4) is 0 Å². The summed E-state index contributed by atoms with van der Waals surface area (Å²) in [6, 6.07) is 8.81. The summed E-state index contributed by atoms with van der Waals surface area (Å²) in [4.78, 5) is 4.63. The molecule has 1 fully saturated rings. The summed E-state index contributed by atoms with van der Waals surface area (Å²) in [5.41, 5.74) is 9.98. The lowest BCUT2D eigenvalue weighted by Gasteiger charge is -2.26. The monoisotopic (exact) mass is 377 g/mol. The number of nitrogens with two attached hydrogens (primary N) is 1. The van der Waals surface area contributed by atoms with Crippen molar-refractivity contribution in [1.29, 1.82) is 0 Å². The van der Waals surface area contributed by atoms with E-state index in [9.17, 15) is 0 Å². The van der Waals surface area contributed by atoms with Crippen molar-refractivity contribution in [1.82, 2.24) is 24.2 Å². The summed E-state index contributed by atoms with van der Waals surface area (Å²) in [7, 11) is 1.64. The molecule has 0 saturated heterocycles. The average molecular weight is 377 g/mol. The summed E-state index contributed by atoms with van der Waals surface area (Å²) >= 11 is 0. The molecule has 4 aromatic heterocycles. The largest absolute Gasteiger partial charge is 0.479 e. The molecule has 0 aliphatic heterocycles. The molecule has 0 bridgehead atoms. The first-order valence-electron chi connectivity index (χ1n) is 9.60. The fourth-order valence-corrected chi connectivity index (χ4v) is 3.96. The molecule has 0 radical (unpaired) electrons. The molecule has 1 aliphatic rings. The van der Waals surface area contributed by atoms with E-state index in [1.165, 1.54) is 0 Å². The molecule has 8 heteroatoms. The standard InChI is InChI=1S/C20H23N7O/c1-28-19-18-17(13-7-10-26-16(12-13)6-9-22-26)8-11-27(18)25-20(24-19)23-15-4-2-14(21)3-5-15/h6-12,14-15H,2-5,21H2,1H3,(H,23,25)/t14-,15+. The number of nitrogens with one attached hydrogen (secondary N) is 1. The molecule has 1 saturated carbocycles. The van der Waals surface area contributed by atoms with E-state index in [-0.39, 0.29) is 0 Å². The number of methoxy groups -OCH3 is 1. The first kappa shape index (κ1) is 17.0. The van der Waals surface area contributed by atoms with Gasteiger partial charge in [-0.1, -0.05) is 0 Å². The smallest absolute Gasteiger partial charge is 0.244 e. The van der Waals surface area contributed by atoms with E-state index in [0.29, 0.717) is 23.9 Å². The Labute approximate surface area is 162 Å². The van der Waals surface area contributed by atoms with Gasteiger partial charge in [-0.25, -0.2) is 9.03 Å². The van der Waals surface area contributed by atoms with Crippen LogP contribution in [0, 0.1) is 0 Å².